The Kier molecular flexibility index (Phi) is 8.54. The quantitative estimate of drug-likeness (QED) is 0.644. The van der Waals surface area contributed by atoms with E-state index >= 15 is 0 Å². The number of hydrogen-bond acceptors (Lipinski definition) is 0. The minimum absolute atomic E-state index is 0. The van der Waals surface area contributed by atoms with Crippen molar-refractivity contribution in [3.63, 3.8) is 0 Å². The molecule has 0 atom stereocenters. The van der Waals surface area contributed by atoms with E-state index in [4.69, 9.17) is 0 Å². The molecule has 0 bridgehead atoms. The van der Waals surface area contributed by atoms with E-state index in [1.54, 1.807) is 0 Å². The van der Waals surface area contributed by atoms with Gasteiger partial charge in [0.15, 0.2) is 0 Å². The second-order valence-corrected chi connectivity index (χ2v) is 2.15. The van der Waals surface area contributed by atoms with Crippen molar-refractivity contribution in [3.05, 3.63) is 72.8 Å². The van der Waals surface area contributed by atoms with Crippen molar-refractivity contribution in [2.75, 3.05) is 0 Å². The third-order valence-electron chi connectivity index (χ3n) is 1.21. The summed E-state index contributed by atoms with van der Waals surface area (Å²) < 4.78 is 0. The summed E-state index contributed by atoms with van der Waals surface area (Å²) in [5.41, 5.74) is 0. The van der Waals surface area contributed by atoms with Gasteiger partial charge in [-0.25, -0.2) is 0 Å². The van der Waals surface area contributed by atoms with Gasteiger partial charge in [-0.1, -0.05) is 0 Å². The molecule has 0 aliphatic rings. The molecule has 0 fully saturated rings. The van der Waals surface area contributed by atoms with E-state index in [1.807, 2.05) is 60.7 Å². The van der Waals surface area contributed by atoms with Crippen molar-refractivity contribution < 1.29 is 20.1 Å². The normalized spacial score (nSPS) is 7.38. The Morgan fingerprint density at radius 1 is 0.462 bits per heavy atom. The predicted molar refractivity (Wildman–Crippen MR) is 50.6 cm³/mol. The first-order valence-electron chi connectivity index (χ1n) is 3.82. The van der Waals surface area contributed by atoms with Gasteiger partial charge < -0.3 is 0 Å². The smallest absolute Gasteiger partial charge is 0 e. The van der Waals surface area contributed by atoms with Gasteiger partial charge in [0.2, 0.25) is 0 Å². The molecule has 0 nitrogen and oxygen atoms in total. The molecule has 2 aromatic rings. The summed E-state index contributed by atoms with van der Waals surface area (Å²) in [6, 6.07) is 25.0. The molecule has 2 aromatic carbocycles. The van der Waals surface area contributed by atoms with E-state index in [-0.39, 0.29) is 20.1 Å². The van der Waals surface area contributed by atoms with Crippen molar-refractivity contribution in [3.8, 4) is 0 Å². The average Bonchev–Trinajstić information content (AvgIpc) is 2.24. The van der Waals surface area contributed by atoms with Crippen molar-refractivity contribution in [1.82, 2.24) is 0 Å². The van der Waals surface area contributed by atoms with Crippen molar-refractivity contribution in [2.24, 2.45) is 0 Å². The van der Waals surface area contributed by atoms with Crippen LogP contribution in [0.1, 0.15) is 0 Å². The molecule has 0 saturated heterocycles. The fraction of sp³-hybridized carbons (Fsp3) is 0. The summed E-state index contributed by atoms with van der Waals surface area (Å²) in [6.07, 6.45) is 0. The van der Waals surface area contributed by atoms with Gasteiger partial charge >= 0.3 is 0 Å². The molecule has 1 heteroatoms. The van der Waals surface area contributed by atoms with Crippen LogP contribution in [0.25, 0.3) is 0 Å². The van der Waals surface area contributed by atoms with Crippen LogP contribution in [0.15, 0.2) is 60.7 Å². The summed E-state index contributed by atoms with van der Waals surface area (Å²) in [5.74, 6) is 0. The monoisotopic (exact) mass is 347 g/mol. The summed E-state index contributed by atoms with van der Waals surface area (Å²) in [7, 11) is 0. The van der Waals surface area contributed by atoms with Crippen LogP contribution in [-0.2, 0) is 20.1 Å². The van der Waals surface area contributed by atoms with Crippen LogP contribution in [-0.4, -0.2) is 0 Å². The van der Waals surface area contributed by atoms with E-state index in [0.29, 0.717) is 0 Å². The minimum Gasteiger partial charge on any atom is -0.184 e. The molecule has 0 spiro atoms. The molecule has 0 saturated carbocycles. The molecule has 69 valence electrons. The van der Waals surface area contributed by atoms with Gasteiger partial charge in [0.25, 0.3) is 0 Å². The average molecular weight is 346 g/mol. The Bertz CT molecular complexity index is 181. The zero-order chi connectivity index (χ0) is 8.49. The van der Waals surface area contributed by atoms with Crippen LogP contribution < -0.4 is 0 Å². The zero-order valence-corrected chi connectivity index (χ0v) is 9.50. The molecule has 0 aromatic heterocycles. The van der Waals surface area contributed by atoms with Crippen molar-refractivity contribution >= 4 is 0 Å². The molecule has 0 N–H and O–H groups in total. The topological polar surface area (TPSA) is 0 Å². The third kappa shape index (κ3) is 7.45. The molecular formula is C12H10Ir-2. The fourth-order valence-corrected chi connectivity index (χ4v) is 0.684. The van der Waals surface area contributed by atoms with Gasteiger partial charge in [-0.2, -0.15) is 72.8 Å². The molecule has 0 aliphatic carbocycles. The largest absolute Gasteiger partial charge is 0.184 e. The molecule has 1 radical (unpaired) electrons. The second kappa shape index (κ2) is 9.18. The van der Waals surface area contributed by atoms with E-state index in [0.717, 1.165) is 0 Å². The number of benzene rings is 2. The first-order chi connectivity index (χ1) is 6.00. The van der Waals surface area contributed by atoms with E-state index in [9.17, 15) is 0 Å². The SMILES string of the molecule is [Ir].[c-]1ccccc1.[c-]1ccccc1. The van der Waals surface area contributed by atoms with Gasteiger partial charge in [-0.15, -0.1) is 0 Å². The van der Waals surface area contributed by atoms with Crippen LogP contribution in [0.4, 0.5) is 0 Å². The number of hydrogen-bond donors (Lipinski definition) is 0. The summed E-state index contributed by atoms with van der Waals surface area (Å²) in [6.45, 7) is 0. The van der Waals surface area contributed by atoms with Gasteiger partial charge in [0.05, 0.1) is 0 Å². The summed E-state index contributed by atoms with van der Waals surface area (Å²) >= 11 is 0. The summed E-state index contributed by atoms with van der Waals surface area (Å²) in [5, 5.41) is 0. The standard InChI is InChI=1S/2C6H5.Ir/c2*1-2-4-6-5-3-1;/h2*1-5H;/q2*-1;. The van der Waals surface area contributed by atoms with Crippen LogP contribution in [0.5, 0.6) is 0 Å². The maximum absolute atomic E-state index is 2.89. The second-order valence-electron chi connectivity index (χ2n) is 2.15. The van der Waals surface area contributed by atoms with Crippen LogP contribution in [0.3, 0.4) is 0 Å². The summed E-state index contributed by atoms with van der Waals surface area (Å²) in [4.78, 5) is 0. The van der Waals surface area contributed by atoms with Crippen LogP contribution in [0.2, 0.25) is 0 Å². The third-order valence-corrected chi connectivity index (χ3v) is 1.21. The van der Waals surface area contributed by atoms with Crippen LogP contribution >= 0.6 is 0 Å². The van der Waals surface area contributed by atoms with Gasteiger partial charge in [0.1, 0.15) is 0 Å². The van der Waals surface area contributed by atoms with E-state index in [1.165, 1.54) is 0 Å². The Hall–Kier alpha value is -0.911. The zero-order valence-electron chi connectivity index (χ0n) is 7.11. The Morgan fingerprint density at radius 2 is 0.769 bits per heavy atom. The van der Waals surface area contributed by atoms with Gasteiger partial charge in [-0.3, -0.25) is 0 Å². The maximum atomic E-state index is 2.89. The van der Waals surface area contributed by atoms with Gasteiger partial charge in [-0.05, 0) is 0 Å². The number of rotatable bonds is 0. The Labute approximate surface area is 93.0 Å². The molecular weight excluding hydrogens is 336 g/mol. The van der Waals surface area contributed by atoms with Crippen LogP contribution in [0, 0.1) is 12.1 Å². The minimum atomic E-state index is 0. The predicted octanol–water partition coefficient (Wildman–Crippen LogP) is 2.97. The van der Waals surface area contributed by atoms with E-state index < -0.39 is 0 Å². The molecule has 0 unspecified atom stereocenters. The van der Waals surface area contributed by atoms with Gasteiger partial charge in [0, 0.05) is 20.1 Å². The molecule has 0 amide bonds. The first kappa shape index (κ1) is 12.1. The van der Waals surface area contributed by atoms with E-state index in [2.05, 4.69) is 12.1 Å². The maximum Gasteiger partial charge on any atom is 0 e. The fourth-order valence-electron chi connectivity index (χ4n) is 0.684. The van der Waals surface area contributed by atoms with Crippen molar-refractivity contribution in [2.45, 2.75) is 0 Å². The molecule has 2 rings (SSSR count). The Morgan fingerprint density at radius 3 is 0.846 bits per heavy atom. The Balaban J connectivity index is 0.000000206. The van der Waals surface area contributed by atoms with Crippen molar-refractivity contribution in [1.29, 1.82) is 0 Å². The molecule has 0 aliphatic heterocycles. The molecule has 0 heterocycles. The first-order valence-corrected chi connectivity index (χ1v) is 3.82. The molecule has 13 heavy (non-hydrogen) atoms.